The van der Waals surface area contributed by atoms with Crippen molar-refractivity contribution in [1.82, 2.24) is 5.06 Å². The maximum atomic E-state index is 12.2. The van der Waals surface area contributed by atoms with Gasteiger partial charge < -0.3 is 0 Å². The molecule has 1 rings (SSSR count). The summed E-state index contributed by atoms with van der Waals surface area (Å²) < 4.78 is 0. The van der Waals surface area contributed by atoms with Crippen molar-refractivity contribution in [3.05, 3.63) is 0 Å². The molecule has 1 saturated heterocycles. The molecule has 0 aromatic rings. The van der Waals surface area contributed by atoms with Gasteiger partial charge in [0, 0.05) is 22.9 Å². The monoisotopic (exact) mass is 254 g/mol. The minimum absolute atomic E-state index is 0.275. The predicted octanol–water partition coefficient (Wildman–Crippen LogP) is 3.61. The Balaban J connectivity index is 2.79. The summed E-state index contributed by atoms with van der Waals surface area (Å²) in [5, 5.41) is 13.4. The summed E-state index contributed by atoms with van der Waals surface area (Å²) in [6, 6.07) is 0. The molecule has 1 radical (unpaired) electrons. The van der Waals surface area contributed by atoms with E-state index in [0.29, 0.717) is 18.1 Å². The second kappa shape index (κ2) is 4.61. The quantitative estimate of drug-likeness (QED) is 0.755. The Labute approximate surface area is 112 Å². The molecule has 0 aliphatic carbocycles. The van der Waals surface area contributed by atoms with Crippen molar-refractivity contribution in [2.45, 2.75) is 78.8 Å². The fraction of sp³-hybridized carbons (Fsp3) is 0.933. The van der Waals surface area contributed by atoms with Crippen LogP contribution in [-0.2, 0) is 10.0 Å². The number of rotatable bonds is 2. The number of hydrogen-bond acceptors (Lipinski definition) is 2. The highest BCUT2D eigenvalue weighted by molar-refractivity contribution is 5.83. The second-order valence-electron chi connectivity index (χ2n) is 8.07. The van der Waals surface area contributed by atoms with Crippen LogP contribution < -0.4 is 0 Å². The van der Waals surface area contributed by atoms with E-state index in [-0.39, 0.29) is 16.5 Å². The molecule has 3 nitrogen and oxygen atoms in total. The molecule has 0 amide bonds. The van der Waals surface area contributed by atoms with E-state index in [2.05, 4.69) is 0 Å². The van der Waals surface area contributed by atoms with E-state index in [0.717, 1.165) is 12.8 Å². The fourth-order valence-corrected chi connectivity index (χ4v) is 3.18. The Bertz CT molecular complexity index is 308. The lowest BCUT2D eigenvalue weighted by atomic mass is 9.72. The van der Waals surface area contributed by atoms with Gasteiger partial charge in [-0.15, -0.1) is 10.3 Å². The van der Waals surface area contributed by atoms with E-state index in [1.807, 2.05) is 48.5 Å². The molecule has 0 spiro atoms. The standard InChI is InChI=1S/C15H28NO2/c1-13(2,3)12(17)8-11-9-14(4,5)16(18)15(6,7)10-11/h11H,8-10H2,1-7H3. The highest BCUT2D eigenvalue weighted by Crippen LogP contribution is 2.42. The van der Waals surface area contributed by atoms with E-state index in [4.69, 9.17) is 0 Å². The van der Waals surface area contributed by atoms with Crippen LogP contribution in [0.5, 0.6) is 0 Å². The van der Waals surface area contributed by atoms with Crippen LogP contribution in [0.4, 0.5) is 0 Å². The fourth-order valence-electron chi connectivity index (χ4n) is 3.18. The van der Waals surface area contributed by atoms with Gasteiger partial charge in [0.1, 0.15) is 5.78 Å². The number of nitrogens with zero attached hydrogens (tertiary/aromatic N) is 1. The molecule has 1 aliphatic rings. The molecule has 0 aromatic heterocycles. The van der Waals surface area contributed by atoms with Gasteiger partial charge in [-0.2, -0.15) is 0 Å². The van der Waals surface area contributed by atoms with Gasteiger partial charge in [-0.05, 0) is 46.5 Å². The summed E-state index contributed by atoms with van der Waals surface area (Å²) in [6.07, 6.45) is 2.22. The molecule has 1 aliphatic heterocycles. The zero-order valence-corrected chi connectivity index (χ0v) is 13.0. The van der Waals surface area contributed by atoms with Gasteiger partial charge in [0.2, 0.25) is 0 Å². The van der Waals surface area contributed by atoms with E-state index < -0.39 is 0 Å². The first kappa shape index (κ1) is 15.6. The molecule has 0 bridgehead atoms. The van der Waals surface area contributed by atoms with Gasteiger partial charge in [0.05, 0.1) is 0 Å². The summed E-state index contributed by atoms with van der Waals surface area (Å²) in [6.45, 7) is 13.8. The lowest BCUT2D eigenvalue weighted by Gasteiger charge is -2.50. The van der Waals surface area contributed by atoms with Gasteiger partial charge in [-0.3, -0.25) is 4.79 Å². The zero-order valence-electron chi connectivity index (χ0n) is 13.0. The van der Waals surface area contributed by atoms with Crippen LogP contribution in [0.1, 0.15) is 67.7 Å². The molecule has 0 unspecified atom stereocenters. The van der Waals surface area contributed by atoms with E-state index in [1.54, 1.807) is 0 Å². The molecule has 105 valence electrons. The van der Waals surface area contributed by atoms with Crippen LogP contribution >= 0.6 is 0 Å². The van der Waals surface area contributed by atoms with Gasteiger partial charge in [0.15, 0.2) is 0 Å². The van der Waals surface area contributed by atoms with Crippen molar-refractivity contribution in [3.8, 4) is 0 Å². The SMILES string of the molecule is CC(C)(C)C(=O)CC1CC(C)(C)N([O])C(C)(C)C1. The average Bonchev–Trinajstić information content (AvgIpc) is 2.11. The minimum atomic E-state index is -0.370. The highest BCUT2D eigenvalue weighted by Gasteiger charge is 2.46. The number of carbonyl (C=O) groups excluding carboxylic acids is 1. The molecular formula is C15H28NO2. The first-order valence-electron chi connectivity index (χ1n) is 6.87. The Hall–Kier alpha value is -0.410. The van der Waals surface area contributed by atoms with Crippen molar-refractivity contribution in [2.75, 3.05) is 0 Å². The molecule has 18 heavy (non-hydrogen) atoms. The van der Waals surface area contributed by atoms with Crippen LogP contribution in [0.3, 0.4) is 0 Å². The van der Waals surface area contributed by atoms with Crippen molar-refractivity contribution >= 4 is 5.78 Å². The van der Waals surface area contributed by atoms with Crippen molar-refractivity contribution < 1.29 is 10.0 Å². The minimum Gasteiger partial charge on any atom is -0.299 e. The molecule has 1 heterocycles. The van der Waals surface area contributed by atoms with Gasteiger partial charge in [0.25, 0.3) is 0 Å². The molecule has 0 aromatic carbocycles. The maximum Gasteiger partial charge on any atom is 0.138 e. The molecule has 3 heteroatoms. The molecule has 1 fully saturated rings. The van der Waals surface area contributed by atoms with E-state index in [9.17, 15) is 10.0 Å². The van der Waals surface area contributed by atoms with Gasteiger partial charge in [-0.1, -0.05) is 20.8 Å². The Morgan fingerprint density at radius 3 is 1.83 bits per heavy atom. The van der Waals surface area contributed by atoms with Crippen molar-refractivity contribution in [2.24, 2.45) is 11.3 Å². The molecule has 0 saturated carbocycles. The summed E-state index contributed by atoms with van der Waals surface area (Å²) in [5.74, 6) is 0.630. The van der Waals surface area contributed by atoms with E-state index >= 15 is 0 Å². The maximum absolute atomic E-state index is 12.2. The molecule has 0 N–H and O–H groups in total. The lowest BCUT2D eigenvalue weighted by Crippen LogP contribution is -2.58. The first-order chi connectivity index (χ1) is 7.86. The Morgan fingerprint density at radius 1 is 1.11 bits per heavy atom. The highest BCUT2D eigenvalue weighted by atomic mass is 16.5. The first-order valence-corrected chi connectivity index (χ1v) is 6.87. The third-order valence-corrected chi connectivity index (χ3v) is 3.99. The zero-order chi connectivity index (χ0) is 14.4. The molecular weight excluding hydrogens is 226 g/mol. The van der Waals surface area contributed by atoms with Crippen LogP contribution in [-0.4, -0.2) is 21.9 Å². The van der Waals surface area contributed by atoms with Crippen LogP contribution in [0.15, 0.2) is 0 Å². The van der Waals surface area contributed by atoms with E-state index in [1.165, 1.54) is 5.06 Å². The molecule has 0 atom stereocenters. The average molecular weight is 254 g/mol. The normalized spacial score (nSPS) is 25.1. The van der Waals surface area contributed by atoms with Crippen molar-refractivity contribution in [3.63, 3.8) is 0 Å². The lowest BCUT2D eigenvalue weighted by molar-refractivity contribution is -0.294. The summed E-state index contributed by atoms with van der Waals surface area (Å²) in [5.41, 5.74) is -1.02. The van der Waals surface area contributed by atoms with Gasteiger partial charge >= 0.3 is 0 Å². The summed E-state index contributed by atoms with van der Waals surface area (Å²) >= 11 is 0. The number of piperidine rings is 1. The third-order valence-electron chi connectivity index (χ3n) is 3.99. The number of Topliss-reactive ketones (excluding diaryl/α,β-unsaturated/α-hetero) is 1. The number of carbonyl (C=O) groups is 1. The van der Waals surface area contributed by atoms with Crippen LogP contribution in [0, 0.1) is 11.3 Å². The van der Waals surface area contributed by atoms with Crippen LogP contribution in [0.2, 0.25) is 0 Å². The Morgan fingerprint density at radius 2 is 1.50 bits per heavy atom. The van der Waals surface area contributed by atoms with Gasteiger partial charge in [-0.25, -0.2) is 0 Å². The number of hydroxylamine groups is 2. The number of ketones is 1. The predicted molar refractivity (Wildman–Crippen MR) is 72.5 cm³/mol. The smallest absolute Gasteiger partial charge is 0.138 e. The third kappa shape index (κ3) is 3.33. The largest absolute Gasteiger partial charge is 0.299 e. The summed E-state index contributed by atoms with van der Waals surface area (Å²) in [7, 11) is 0. The van der Waals surface area contributed by atoms with Crippen molar-refractivity contribution in [1.29, 1.82) is 0 Å². The van der Waals surface area contributed by atoms with Crippen LogP contribution in [0.25, 0.3) is 0 Å². The summed E-state index contributed by atoms with van der Waals surface area (Å²) in [4.78, 5) is 12.1. The second-order valence-corrected chi connectivity index (χ2v) is 8.07. The number of hydrogen-bond donors (Lipinski definition) is 0. The Kier molecular flexibility index (Phi) is 4.00. The topological polar surface area (TPSA) is 40.2 Å².